The molecule has 0 aliphatic carbocycles. The van der Waals surface area contributed by atoms with E-state index < -0.39 is 12.0 Å². The Kier molecular flexibility index (Phi) is 8.81. The Morgan fingerprint density at radius 1 is 1.08 bits per heavy atom. The number of anilines is 1. The number of ether oxygens (including phenoxy) is 3. The highest BCUT2D eigenvalue weighted by molar-refractivity contribution is 7.07. The predicted molar refractivity (Wildman–Crippen MR) is 150 cm³/mol. The zero-order valence-corrected chi connectivity index (χ0v) is 23.2. The second-order valence-corrected chi connectivity index (χ2v) is 9.73. The first-order valence-corrected chi connectivity index (χ1v) is 13.4. The molecule has 0 saturated heterocycles. The van der Waals surface area contributed by atoms with E-state index in [-0.39, 0.29) is 18.8 Å². The molecular formula is C29H33N3O5S. The smallest absolute Gasteiger partial charge is 0.338 e. The second kappa shape index (κ2) is 12.2. The van der Waals surface area contributed by atoms with Gasteiger partial charge in [0.25, 0.3) is 5.56 Å². The molecule has 38 heavy (non-hydrogen) atoms. The third-order valence-corrected chi connectivity index (χ3v) is 7.50. The molecule has 0 saturated carbocycles. The number of thiazole rings is 1. The third kappa shape index (κ3) is 5.44. The summed E-state index contributed by atoms with van der Waals surface area (Å²) in [4.78, 5) is 34.5. The summed E-state index contributed by atoms with van der Waals surface area (Å²) in [5.41, 5.74) is 3.30. The van der Waals surface area contributed by atoms with E-state index in [0.717, 1.165) is 24.3 Å². The lowest BCUT2D eigenvalue weighted by molar-refractivity contribution is -0.140. The van der Waals surface area contributed by atoms with E-state index >= 15 is 0 Å². The number of hydrogen-bond acceptors (Lipinski definition) is 8. The van der Waals surface area contributed by atoms with Gasteiger partial charge >= 0.3 is 5.97 Å². The molecule has 1 aromatic heterocycles. The van der Waals surface area contributed by atoms with Gasteiger partial charge in [-0.1, -0.05) is 41.7 Å². The molecule has 200 valence electrons. The number of nitrogens with zero attached hydrogens (tertiary/aromatic N) is 3. The number of allylic oxidation sites excluding steroid dienone is 1. The molecule has 2 aromatic carbocycles. The second-order valence-electron chi connectivity index (χ2n) is 8.72. The van der Waals surface area contributed by atoms with Crippen molar-refractivity contribution in [3.05, 3.63) is 90.6 Å². The fourth-order valence-electron chi connectivity index (χ4n) is 4.59. The number of carbonyl (C=O) groups is 1. The molecule has 0 spiro atoms. The van der Waals surface area contributed by atoms with Gasteiger partial charge in [-0.3, -0.25) is 9.36 Å². The molecule has 9 heteroatoms. The van der Waals surface area contributed by atoms with E-state index in [4.69, 9.17) is 14.2 Å². The highest BCUT2D eigenvalue weighted by Gasteiger charge is 2.35. The third-order valence-electron chi connectivity index (χ3n) is 6.52. The molecular weight excluding hydrogens is 502 g/mol. The van der Waals surface area contributed by atoms with Crippen LogP contribution in [-0.4, -0.2) is 51.1 Å². The minimum atomic E-state index is -0.746. The Hall–Kier alpha value is -3.69. The van der Waals surface area contributed by atoms with E-state index in [1.807, 2.05) is 42.5 Å². The Bertz CT molecular complexity index is 1500. The summed E-state index contributed by atoms with van der Waals surface area (Å²) in [7, 11) is 3.11. The lowest BCUT2D eigenvalue weighted by Crippen LogP contribution is -2.40. The first-order chi connectivity index (χ1) is 18.4. The van der Waals surface area contributed by atoms with Crippen LogP contribution in [0.5, 0.6) is 5.75 Å². The molecule has 0 bridgehead atoms. The van der Waals surface area contributed by atoms with Gasteiger partial charge in [-0.15, -0.1) is 0 Å². The van der Waals surface area contributed by atoms with E-state index in [0.29, 0.717) is 31.9 Å². The van der Waals surface area contributed by atoms with Crippen LogP contribution in [0.2, 0.25) is 0 Å². The summed E-state index contributed by atoms with van der Waals surface area (Å²) < 4.78 is 18.2. The molecule has 4 rings (SSSR count). The zero-order valence-electron chi connectivity index (χ0n) is 22.4. The van der Waals surface area contributed by atoms with E-state index in [9.17, 15) is 9.59 Å². The van der Waals surface area contributed by atoms with Crippen LogP contribution < -0.4 is 24.5 Å². The first kappa shape index (κ1) is 27.3. The zero-order chi connectivity index (χ0) is 27.2. The van der Waals surface area contributed by atoms with Crippen LogP contribution >= 0.6 is 11.3 Å². The molecule has 1 unspecified atom stereocenters. The summed E-state index contributed by atoms with van der Waals surface area (Å²) in [5.74, 6) is 0.0245. The van der Waals surface area contributed by atoms with Crippen LogP contribution in [0.25, 0.3) is 6.08 Å². The van der Waals surface area contributed by atoms with E-state index in [1.165, 1.54) is 18.4 Å². The Morgan fingerprint density at radius 2 is 1.79 bits per heavy atom. The number of hydrogen-bond donors (Lipinski definition) is 0. The van der Waals surface area contributed by atoms with Crippen LogP contribution in [0.4, 0.5) is 5.69 Å². The van der Waals surface area contributed by atoms with E-state index in [2.05, 4.69) is 35.9 Å². The molecule has 3 aromatic rings. The molecule has 0 amide bonds. The number of carbonyl (C=O) groups excluding carboxylic acids is 1. The van der Waals surface area contributed by atoms with E-state index in [1.54, 1.807) is 18.6 Å². The van der Waals surface area contributed by atoms with Crippen LogP contribution in [0.3, 0.4) is 0 Å². The summed E-state index contributed by atoms with van der Waals surface area (Å²) in [6.07, 6.45) is 1.87. The standard InChI is InChI=1S/C29H33N3O5S/c1-6-31(7-2)21-14-12-20(13-15-21)18-24-27(33)32-26(22-10-8-9-11-23(22)36-5)25(19(3)30-29(32)38-24)28(34)37-17-16-35-4/h8-15,18,26H,6-7,16-17H2,1-5H3. The van der Waals surface area contributed by atoms with Crippen LogP contribution in [0, 0.1) is 0 Å². The summed E-state index contributed by atoms with van der Waals surface area (Å²) >= 11 is 1.30. The molecule has 2 heterocycles. The maximum atomic E-state index is 13.8. The maximum Gasteiger partial charge on any atom is 0.338 e. The lowest BCUT2D eigenvalue weighted by Gasteiger charge is -2.26. The van der Waals surface area contributed by atoms with Gasteiger partial charge in [0.15, 0.2) is 4.80 Å². The monoisotopic (exact) mass is 535 g/mol. The minimum absolute atomic E-state index is 0.0959. The van der Waals surface area contributed by atoms with Crippen LogP contribution in [-0.2, 0) is 14.3 Å². The van der Waals surface area contributed by atoms with Crippen molar-refractivity contribution in [2.24, 2.45) is 4.99 Å². The van der Waals surface area contributed by atoms with Gasteiger partial charge in [-0.25, -0.2) is 9.79 Å². The van der Waals surface area contributed by atoms with Crippen molar-refractivity contribution >= 4 is 29.1 Å². The van der Waals surface area contributed by atoms with Crippen LogP contribution in [0.1, 0.15) is 37.9 Å². The topological polar surface area (TPSA) is 82.4 Å². The van der Waals surface area contributed by atoms with Crippen LogP contribution in [0.15, 0.2) is 69.6 Å². The Balaban J connectivity index is 1.84. The molecule has 8 nitrogen and oxygen atoms in total. The summed E-state index contributed by atoms with van der Waals surface area (Å²) in [5, 5.41) is 0. The molecule has 1 aliphatic heterocycles. The fourth-order valence-corrected chi connectivity index (χ4v) is 5.63. The Morgan fingerprint density at radius 3 is 2.45 bits per heavy atom. The van der Waals surface area contributed by atoms with Gasteiger partial charge < -0.3 is 19.1 Å². The lowest BCUT2D eigenvalue weighted by atomic mass is 9.95. The van der Waals surface area contributed by atoms with Crippen molar-refractivity contribution in [3.63, 3.8) is 0 Å². The summed E-state index contributed by atoms with van der Waals surface area (Å²) in [6, 6.07) is 14.8. The average Bonchev–Trinajstić information content (AvgIpc) is 3.23. The largest absolute Gasteiger partial charge is 0.496 e. The first-order valence-electron chi connectivity index (χ1n) is 12.6. The van der Waals surface area contributed by atoms with Gasteiger partial charge in [-0.2, -0.15) is 0 Å². The van der Waals surface area contributed by atoms with Gasteiger partial charge in [0, 0.05) is 31.5 Å². The van der Waals surface area contributed by atoms with Crippen molar-refractivity contribution in [3.8, 4) is 5.75 Å². The van der Waals surface area contributed by atoms with Crippen molar-refractivity contribution in [2.45, 2.75) is 26.8 Å². The maximum absolute atomic E-state index is 13.8. The van der Waals surface area contributed by atoms with Gasteiger partial charge in [-0.05, 0) is 50.6 Å². The predicted octanol–water partition coefficient (Wildman–Crippen LogP) is 3.28. The minimum Gasteiger partial charge on any atom is -0.496 e. The Labute approximate surface area is 226 Å². The van der Waals surface area contributed by atoms with Gasteiger partial charge in [0.05, 0.1) is 29.5 Å². The average molecular weight is 536 g/mol. The molecule has 0 fully saturated rings. The van der Waals surface area contributed by atoms with Crippen molar-refractivity contribution < 1.29 is 19.0 Å². The molecule has 0 N–H and O–H groups in total. The van der Waals surface area contributed by atoms with Crippen molar-refractivity contribution in [1.82, 2.24) is 4.57 Å². The molecule has 1 atom stereocenters. The van der Waals surface area contributed by atoms with Gasteiger partial charge in [0.1, 0.15) is 18.4 Å². The number of para-hydroxylation sites is 1. The molecule has 1 aliphatic rings. The number of esters is 1. The highest BCUT2D eigenvalue weighted by atomic mass is 32.1. The molecule has 0 radical (unpaired) electrons. The van der Waals surface area contributed by atoms with Crippen molar-refractivity contribution in [1.29, 1.82) is 0 Å². The van der Waals surface area contributed by atoms with Gasteiger partial charge in [0.2, 0.25) is 0 Å². The normalized spacial score (nSPS) is 15.2. The number of methoxy groups -OCH3 is 2. The summed E-state index contributed by atoms with van der Waals surface area (Å²) in [6.45, 7) is 8.22. The number of fused-ring (bicyclic) bond motifs is 1. The number of benzene rings is 2. The van der Waals surface area contributed by atoms with Crippen molar-refractivity contribution in [2.75, 3.05) is 45.4 Å². The quantitative estimate of drug-likeness (QED) is 0.293. The SMILES string of the molecule is CCN(CC)c1ccc(C=c2sc3n(c2=O)C(c2ccccc2OC)C(C(=O)OCCOC)=C(C)N=3)cc1. The number of aromatic nitrogens is 1. The highest BCUT2D eigenvalue weighted by Crippen LogP contribution is 2.35. The number of rotatable bonds is 10. The fraction of sp³-hybridized carbons (Fsp3) is 0.345.